The zero-order valence-corrected chi connectivity index (χ0v) is 12.7. The molecule has 7 heteroatoms. The highest BCUT2D eigenvalue weighted by Gasteiger charge is 2.21. The minimum atomic E-state index is -0.329. The second-order valence-electron chi connectivity index (χ2n) is 5.55. The highest BCUT2D eigenvalue weighted by molar-refractivity contribution is 5.89. The van der Waals surface area contributed by atoms with Crippen LogP contribution < -0.4 is 0 Å². The minimum Gasteiger partial charge on any atom is -0.341 e. The molecule has 1 aromatic rings. The van der Waals surface area contributed by atoms with E-state index in [1.54, 1.807) is 19.0 Å². The summed E-state index contributed by atoms with van der Waals surface area (Å²) in [6, 6.07) is 0. The molecular weight excluding hydrogens is 272 g/mol. The van der Waals surface area contributed by atoms with E-state index in [2.05, 4.69) is 10.1 Å². The summed E-state index contributed by atoms with van der Waals surface area (Å²) in [5, 5.41) is 3.80. The van der Waals surface area contributed by atoms with E-state index in [-0.39, 0.29) is 17.7 Å². The van der Waals surface area contributed by atoms with Crippen molar-refractivity contribution in [3.05, 3.63) is 11.7 Å². The van der Waals surface area contributed by atoms with Gasteiger partial charge >= 0.3 is 11.8 Å². The van der Waals surface area contributed by atoms with Crippen molar-refractivity contribution in [2.45, 2.75) is 45.1 Å². The SMILES string of the molecule is CN(C)C(=O)c1nc(CN2CCCCCCCC2=O)no1. The van der Waals surface area contributed by atoms with Crippen LogP contribution in [0, 0.1) is 0 Å². The zero-order valence-electron chi connectivity index (χ0n) is 12.7. The van der Waals surface area contributed by atoms with Crippen molar-refractivity contribution < 1.29 is 14.1 Å². The molecule has 1 aliphatic rings. The van der Waals surface area contributed by atoms with Crippen LogP contribution >= 0.6 is 0 Å². The molecule has 0 saturated carbocycles. The third-order valence-corrected chi connectivity index (χ3v) is 3.56. The van der Waals surface area contributed by atoms with Gasteiger partial charge in [-0.1, -0.05) is 24.4 Å². The van der Waals surface area contributed by atoms with E-state index in [1.165, 1.54) is 11.3 Å². The lowest BCUT2D eigenvalue weighted by atomic mass is 10.1. The van der Waals surface area contributed by atoms with Gasteiger partial charge in [0, 0.05) is 27.1 Å². The lowest BCUT2D eigenvalue weighted by Gasteiger charge is -2.20. The molecule has 116 valence electrons. The molecule has 2 heterocycles. The van der Waals surface area contributed by atoms with E-state index in [0.717, 1.165) is 25.7 Å². The van der Waals surface area contributed by atoms with Gasteiger partial charge in [-0.25, -0.2) is 0 Å². The van der Waals surface area contributed by atoms with Gasteiger partial charge in [-0.05, 0) is 12.8 Å². The number of carbonyl (C=O) groups excluding carboxylic acids is 2. The van der Waals surface area contributed by atoms with E-state index in [9.17, 15) is 9.59 Å². The Labute approximate surface area is 124 Å². The molecule has 0 spiro atoms. The number of aromatic nitrogens is 2. The molecule has 1 saturated heterocycles. The first-order chi connectivity index (χ1) is 10.1. The Morgan fingerprint density at radius 3 is 2.71 bits per heavy atom. The quantitative estimate of drug-likeness (QED) is 0.843. The first kappa shape index (κ1) is 15.5. The van der Waals surface area contributed by atoms with Crippen molar-refractivity contribution in [1.29, 1.82) is 0 Å². The Morgan fingerprint density at radius 1 is 1.24 bits per heavy atom. The first-order valence-corrected chi connectivity index (χ1v) is 7.40. The van der Waals surface area contributed by atoms with Crippen LogP contribution in [0.15, 0.2) is 4.52 Å². The predicted octanol–water partition coefficient (Wildman–Crippen LogP) is 1.45. The molecule has 0 unspecified atom stereocenters. The van der Waals surface area contributed by atoms with E-state index in [0.29, 0.717) is 25.3 Å². The smallest absolute Gasteiger partial charge is 0.316 e. The number of hydrogen-bond donors (Lipinski definition) is 0. The fourth-order valence-electron chi connectivity index (χ4n) is 2.33. The Morgan fingerprint density at radius 2 is 1.95 bits per heavy atom. The summed E-state index contributed by atoms with van der Waals surface area (Å²) in [6.07, 6.45) is 5.94. The molecule has 2 rings (SSSR count). The summed E-state index contributed by atoms with van der Waals surface area (Å²) in [6.45, 7) is 1.02. The molecule has 21 heavy (non-hydrogen) atoms. The molecule has 0 radical (unpaired) electrons. The maximum atomic E-state index is 12.1. The average Bonchev–Trinajstić information content (AvgIpc) is 2.94. The minimum absolute atomic E-state index is 0.0354. The molecule has 1 aromatic heterocycles. The number of hydrogen-bond acceptors (Lipinski definition) is 5. The van der Waals surface area contributed by atoms with Gasteiger partial charge in [-0.2, -0.15) is 4.98 Å². The maximum absolute atomic E-state index is 12.1. The van der Waals surface area contributed by atoms with Crippen LogP contribution in [-0.2, 0) is 11.3 Å². The summed E-state index contributed by atoms with van der Waals surface area (Å²) in [7, 11) is 3.25. The van der Waals surface area contributed by atoms with Gasteiger partial charge in [0.1, 0.15) is 0 Å². The van der Waals surface area contributed by atoms with E-state index >= 15 is 0 Å². The monoisotopic (exact) mass is 294 g/mol. The lowest BCUT2D eigenvalue weighted by Crippen LogP contribution is -2.31. The van der Waals surface area contributed by atoms with Crippen molar-refractivity contribution in [3.8, 4) is 0 Å². The Bertz CT molecular complexity index is 498. The van der Waals surface area contributed by atoms with Crippen molar-refractivity contribution in [3.63, 3.8) is 0 Å². The van der Waals surface area contributed by atoms with E-state index < -0.39 is 0 Å². The van der Waals surface area contributed by atoms with Crippen molar-refractivity contribution >= 4 is 11.8 Å². The van der Waals surface area contributed by atoms with Crippen molar-refractivity contribution in [1.82, 2.24) is 19.9 Å². The molecule has 0 bridgehead atoms. The van der Waals surface area contributed by atoms with E-state index in [1.807, 2.05) is 0 Å². The van der Waals surface area contributed by atoms with Crippen LogP contribution in [0.3, 0.4) is 0 Å². The summed E-state index contributed by atoms with van der Waals surface area (Å²) in [4.78, 5) is 31.1. The van der Waals surface area contributed by atoms with Crippen LogP contribution in [0.25, 0.3) is 0 Å². The zero-order chi connectivity index (χ0) is 15.2. The largest absolute Gasteiger partial charge is 0.341 e. The number of amides is 2. The number of rotatable bonds is 3. The molecule has 0 aromatic carbocycles. The van der Waals surface area contributed by atoms with Gasteiger partial charge in [0.05, 0.1) is 6.54 Å². The van der Waals surface area contributed by atoms with Gasteiger partial charge in [0.2, 0.25) is 5.91 Å². The fourth-order valence-corrected chi connectivity index (χ4v) is 2.33. The molecule has 1 fully saturated rings. The summed E-state index contributed by atoms with van der Waals surface area (Å²) in [5.41, 5.74) is 0. The first-order valence-electron chi connectivity index (χ1n) is 7.40. The highest BCUT2D eigenvalue weighted by atomic mass is 16.5. The van der Waals surface area contributed by atoms with Gasteiger partial charge in [0.15, 0.2) is 5.82 Å². The normalized spacial score (nSPS) is 17.0. The van der Waals surface area contributed by atoms with Gasteiger partial charge in [0.25, 0.3) is 0 Å². The lowest BCUT2D eigenvalue weighted by molar-refractivity contribution is -0.132. The molecule has 0 N–H and O–H groups in total. The van der Waals surface area contributed by atoms with Crippen LogP contribution in [0.1, 0.15) is 55.0 Å². The average molecular weight is 294 g/mol. The molecule has 0 atom stereocenters. The van der Waals surface area contributed by atoms with Gasteiger partial charge < -0.3 is 14.3 Å². The molecule has 2 amide bonds. The van der Waals surface area contributed by atoms with Gasteiger partial charge in [-0.3, -0.25) is 9.59 Å². The maximum Gasteiger partial charge on any atom is 0.316 e. The van der Waals surface area contributed by atoms with Crippen LogP contribution in [0.2, 0.25) is 0 Å². The predicted molar refractivity (Wildman–Crippen MR) is 75.4 cm³/mol. The highest BCUT2D eigenvalue weighted by Crippen LogP contribution is 2.14. The Kier molecular flexibility index (Phi) is 5.30. The molecule has 1 aliphatic heterocycles. The molecule has 7 nitrogen and oxygen atoms in total. The summed E-state index contributed by atoms with van der Waals surface area (Å²) < 4.78 is 4.95. The standard InChI is InChI=1S/C14H22N4O3/c1-17(2)14(20)13-15-11(16-21-13)10-18-9-7-5-3-4-6-8-12(18)19/h3-10H2,1-2H3. The van der Waals surface area contributed by atoms with E-state index in [4.69, 9.17) is 4.52 Å². The fraction of sp³-hybridized carbons (Fsp3) is 0.714. The number of carbonyl (C=O) groups is 2. The van der Waals surface area contributed by atoms with Gasteiger partial charge in [-0.15, -0.1) is 0 Å². The van der Waals surface area contributed by atoms with Crippen LogP contribution in [0.5, 0.6) is 0 Å². The van der Waals surface area contributed by atoms with Crippen molar-refractivity contribution in [2.75, 3.05) is 20.6 Å². The number of nitrogens with zero attached hydrogens (tertiary/aromatic N) is 4. The van der Waals surface area contributed by atoms with Crippen LogP contribution in [0.4, 0.5) is 0 Å². The summed E-state index contributed by atoms with van der Waals surface area (Å²) in [5.74, 6) is 0.145. The second kappa shape index (κ2) is 7.19. The third kappa shape index (κ3) is 4.27. The van der Waals surface area contributed by atoms with Crippen LogP contribution in [-0.4, -0.2) is 52.4 Å². The summed E-state index contributed by atoms with van der Waals surface area (Å²) >= 11 is 0. The molecular formula is C14H22N4O3. The topological polar surface area (TPSA) is 79.5 Å². The Hall–Kier alpha value is -1.92. The third-order valence-electron chi connectivity index (χ3n) is 3.56. The Balaban J connectivity index is 2.01. The molecule has 0 aliphatic carbocycles. The second-order valence-corrected chi connectivity index (χ2v) is 5.55. The van der Waals surface area contributed by atoms with Crippen molar-refractivity contribution in [2.24, 2.45) is 0 Å².